The Morgan fingerprint density at radius 2 is 0.871 bits per heavy atom. The van der Waals surface area contributed by atoms with E-state index in [0.717, 1.165) is 44.8 Å². The molecule has 0 atom stereocenters. The van der Waals surface area contributed by atoms with Crippen molar-refractivity contribution in [3.8, 4) is 61.8 Å². The molecule has 290 valence electrons. The second-order valence-corrected chi connectivity index (χ2v) is 16.1. The van der Waals surface area contributed by atoms with Gasteiger partial charge in [0.15, 0.2) is 5.82 Å². The third-order valence-electron chi connectivity index (χ3n) is 12.7. The Balaban J connectivity index is 1.06. The van der Waals surface area contributed by atoms with Crippen LogP contribution in [0, 0.1) is 0 Å². The minimum Gasteiger partial charge on any atom is -0.309 e. The van der Waals surface area contributed by atoms with E-state index >= 15 is 0 Å². The van der Waals surface area contributed by atoms with Crippen molar-refractivity contribution in [1.29, 1.82) is 0 Å². The highest BCUT2D eigenvalue weighted by molar-refractivity contribution is 6.12. The van der Waals surface area contributed by atoms with Crippen molar-refractivity contribution in [2.45, 2.75) is 5.41 Å². The molecule has 0 N–H and O–H groups in total. The first-order valence-electron chi connectivity index (χ1n) is 21.2. The van der Waals surface area contributed by atoms with Crippen LogP contribution in [-0.2, 0) is 5.41 Å². The molecule has 62 heavy (non-hydrogen) atoms. The molecule has 0 aliphatic heterocycles. The van der Waals surface area contributed by atoms with Crippen molar-refractivity contribution in [3.05, 3.63) is 259 Å². The minimum atomic E-state index is -0.504. The molecule has 3 nitrogen and oxygen atoms in total. The number of hydrogen-bond acceptors (Lipinski definition) is 2. The summed E-state index contributed by atoms with van der Waals surface area (Å²) in [5, 5.41) is 2.45. The molecule has 2 heterocycles. The van der Waals surface area contributed by atoms with E-state index < -0.39 is 5.41 Å². The van der Waals surface area contributed by atoms with Crippen molar-refractivity contribution in [2.75, 3.05) is 0 Å². The molecule has 1 aliphatic rings. The number of nitrogens with zero attached hydrogens (tertiary/aromatic N) is 3. The summed E-state index contributed by atoms with van der Waals surface area (Å²) in [6, 6.07) is 85.2. The van der Waals surface area contributed by atoms with Gasteiger partial charge in [-0.15, -0.1) is 0 Å². The molecule has 9 aromatic carbocycles. The van der Waals surface area contributed by atoms with Crippen molar-refractivity contribution in [3.63, 3.8) is 0 Å². The number of para-hydroxylation sites is 1. The molecule has 1 aliphatic carbocycles. The molecule has 0 spiro atoms. The maximum atomic E-state index is 5.25. The fourth-order valence-electron chi connectivity index (χ4n) is 9.91. The van der Waals surface area contributed by atoms with E-state index in [1.54, 1.807) is 0 Å². The number of benzene rings is 9. The predicted octanol–water partition coefficient (Wildman–Crippen LogP) is 14.6. The molecule has 0 amide bonds. The Labute approximate surface area is 360 Å². The Morgan fingerprint density at radius 3 is 1.58 bits per heavy atom. The minimum absolute atomic E-state index is 0.504. The second-order valence-electron chi connectivity index (χ2n) is 16.1. The molecular weight excluding hydrogens is 751 g/mol. The summed E-state index contributed by atoms with van der Waals surface area (Å²) in [4.78, 5) is 10.4. The van der Waals surface area contributed by atoms with Crippen LogP contribution in [0.15, 0.2) is 237 Å². The monoisotopic (exact) mass is 789 g/mol. The van der Waals surface area contributed by atoms with Crippen LogP contribution in [0.3, 0.4) is 0 Å². The second kappa shape index (κ2) is 14.5. The van der Waals surface area contributed by atoms with Crippen molar-refractivity contribution in [1.82, 2.24) is 14.5 Å². The summed E-state index contributed by atoms with van der Waals surface area (Å²) >= 11 is 0. The van der Waals surface area contributed by atoms with Gasteiger partial charge in [-0.05, 0) is 80.9 Å². The third-order valence-corrected chi connectivity index (χ3v) is 12.7. The van der Waals surface area contributed by atoms with Gasteiger partial charge in [0.05, 0.1) is 27.8 Å². The third kappa shape index (κ3) is 5.67. The topological polar surface area (TPSA) is 30.7 Å². The number of fused-ring (bicyclic) bond motifs is 6. The molecule has 0 fully saturated rings. The molecule has 11 aromatic rings. The fraction of sp³-hybridized carbons (Fsp3) is 0.0169. The summed E-state index contributed by atoms with van der Waals surface area (Å²) in [6.45, 7) is 0. The van der Waals surface area contributed by atoms with E-state index in [1.165, 1.54) is 55.3 Å². The first-order valence-corrected chi connectivity index (χ1v) is 21.2. The van der Waals surface area contributed by atoms with E-state index in [1.807, 2.05) is 18.2 Å². The van der Waals surface area contributed by atoms with E-state index in [2.05, 4.69) is 223 Å². The van der Waals surface area contributed by atoms with Crippen LogP contribution in [-0.4, -0.2) is 14.5 Å². The Kier molecular flexibility index (Phi) is 8.39. The first kappa shape index (κ1) is 35.8. The molecule has 0 saturated carbocycles. The van der Waals surface area contributed by atoms with Crippen molar-refractivity contribution in [2.24, 2.45) is 0 Å². The van der Waals surface area contributed by atoms with E-state index in [4.69, 9.17) is 9.97 Å². The predicted molar refractivity (Wildman–Crippen MR) is 255 cm³/mol. The lowest BCUT2D eigenvalue weighted by molar-refractivity contribution is 0.769. The first-order chi connectivity index (χ1) is 30.7. The standard InChI is InChI=1S/C59H39N3/c1-5-18-40(19-6-1)41-32-34-42(35-33-41)54-39-55(61-58(60-54)43-20-7-2-8-21-43)44-22-17-27-47(36-44)62-56-31-16-14-29-49(56)51-37-50-48-28-13-15-30-52(48)59(53(50)38-57(51)62,45-23-9-3-10-24-45)46-25-11-4-12-26-46/h1-39H. The molecule has 3 heteroatoms. The van der Waals surface area contributed by atoms with Crippen LogP contribution < -0.4 is 0 Å². The average molecular weight is 790 g/mol. The van der Waals surface area contributed by atoms with Gasteiger partial charge in [0.1, 0.15) is 0 Å². The molecule has 12 rings (SSSR count). The quantitative estimate of drug-likeness (QED) is 0.161. The maximum Gasteiger partial charge on any atom is 0.160 e. The van der Waals surface area contributed by atoms with E-state index in [0.29, 0.717) is 5.82 Å². The molecule has 0 saturated heterocycles. The Hall–Kier alpha value is -8.14. The van der Waals surface area contributed by atoms with Gasteiger partial charge in [0.2, 0.25) is 0 Å². The Bertz CT molecular complexity index is 3390. The van der Waals surface area contributed by atoms with E-state index in [-0.39, 0.29) is 0 Å². The van der Waals surface area contributed by atoms with Crippen LogP contribution >= 0.6 is 0 Å². The molecule has 0 bridgehead atoms. The lowest BCUT2D eigenvalue weighted by atomic mass is 9.67. The van der Waals surface area contributed by atoms with Crippen molar-refractivity contribution < 1.29 is 0 Å². The highest BCUT2D eigenvalue weighted by atomic mass is 15.0. The number of aromatic nitrogens is 3. The van der Waals surface area contributed by atoms with Gasteiger partial charge in [0.25, 0.3) is 0 Å². The summed E-state index contributed by atoms with van der Waals surface area (Å²) in [7, 11) is 0. The average Bonchev–Trinajstić information content (AvgIpc) is 3.84. The van der Waals surface area contributed by atoms with Gasteiger partial charge in [-0.3, -0.25) is 0 Å². The molecular formula is C59H39N3. The van der Waals surface area contributed by atoms with E-state index in [9.17, 15) is 0 Å². The number of hydrogen-bond donors (Lipinski definition) is 0. The highest BCUT2D eigenvalue weighted by Crippen LogP contribution is 2.57. The summed E-state index contributed by atoms with van der Waals surface area (Å²) < 4.78 is 2.45. The van der Waals surface area contributed by atoms with Gasteiger partial charge in [-0.2, -0.15) is 0 Å². The zero-order valence-electron chi connectivity index (χ0n) is 33.9. The normalized spacial score (nSPS) is 12.6. The Morgan fingerprint density at radius 1 is 0.323 bits per heavy atom. The van der Waals surface area contributed by atoms with Crippen molar-refractivity contribution >= 4 is 21.8 Å². The van der Waals surface area contributed by atoms with Crippen LogP contribution in [0.2, 0.25) is 0 Å². The van der Waals surface area contributed by atoms with Crippen LogP contribution in [0.1, 0.15) is 22.3 Å². The smallest absolute Gasteiger partial charge is 0.160 e. The summed E-state index contributed by atoms with van der Waals surface area (Å²) in [5.74, 6) is 0.695. The van der Waals surface area contributed by atoms with Gasteiger partial charge in [-0.25, -0.2) is 9.97 Å². The van der Waals surface area contributed by atoms with Gasteiger partial charge >= 0.3 is 0 Å². The highest BCUT2D eigenvalue weighted by Gasteiger charge is 2.46. The molecule has 0 unspecified atom stereocenters. The maximum absolute atomic E-state index is 5.25. The molecule has 2 aromatic heterocycles. The molecule has 0 radical (unpaired) electrons. The lowest BCUT2D eigenvalue weighted by Crippen LogP contribution is -2.28. The van der Waals surface area contributed by atoms with Crippen LogP contribution in [0.5, 0.6) is 0 Å². The summed E-state index contributed by atoms with van der Waals surface area (Å²) in [5.41, 5.74) is 17.7. The lowest BCUT2D eigenvalue weighted by Gasteiger charge is -2.34. The van der Waals surface area contributed by atoms with Crippen LogP contribution in [0.4, 0.5) is 0 Å². The van der Waals surface area contributed by atoms with Crippen LogP contribution in [0.25, 0.3) is 83.6 Å². The zero-order valence-corrected chi connectivity index (χ0v) is 33.9. The fourth-order valence-corrected chi connectivity index (χ4v) is 9.91. The largest absolute Gasteiger partial charge is 0.309 e. The number of rotatable bonds is 7. The summed E-state index contributed by atoms with van der Waals surface area (Å²) in [6.07, 6.45) is 0. The van der Waals surface area contributed by atoms with Gasteiger partial charge in [-0.1, -0.05) is 200 Å². The van der Waals surface area contributed by atoms with Gasteiger partial charge < -0.3 is 4.57 Å². The SMILES string of the molecule is c1ccc(-c2ccc(-c3cc(-c4cccc(-n5c6ccccc6c6cc7c(cc65)C(c5ccccc5)(c5ccccc5)c5ccccc5-7)c4)nc(-c4ccccc4)n3)cc2)cc1. The zero-order chi connectivity index (χ0) is 41.0. The van der Waals surface area contributed by atoms with Gasteiger partial charge in [0, 0.05) is 33.2 Å².